The molecular formula is C31H41F3N6O5. The van der Waals surface area contributed by atoms with E-state index in [1.165, 1.54) is 17.5 Å². The van der Waals surface area contributed by atoms with Crippen molar-refractivity contribution >= 4 is 29.2 Å². The van der Waals surface area contributed by atoms with Gasteiger partial charge in [0.1, 0.15) is 23.9 Å². The van der Waals surface area contributed by atoms with Crippen molar-refractivity contribution in [2.75, 3.05) is 36.9 Å². The quantitative estimate of drug-likeness (QED) is 0.310. The number of morpholine rings is 1. The summed E-state index contributed by atoms with van der Waals surface area (Å²) in [6.07, 6.45) is -4.72. The number of nitrogens with zero attached hydrogens (tertiary/aromatic N) is 4. The lowest BCUT2D eigenvalue weighted by molar-refractivity contribution is -0.149. The van der Waals surface area contributed by atoms with Crippen molar-refractivity contribution < 1.29 is 37.0 Å². The van der Waals surface area contributed by atoms with E-state index in [1.54, 1.807) is 39.8 Å². The fourth-order valence-corrected chi connectivity index (χ4v) is 5.05. The number of alkyl carbamates (subject to hydrolysis) is 1. The van der Waals surface area contributed by atoms with Crippen LogP contribution in [0.2, 0.25) is 0 Å². The molecule has 0 bridgehead atoms. The molecule has 45 heavy (non-hydrogen) atoms. The zero-order chi connectivity index (χ0) is 33.1. The minimum atomic E-state index is -4.53. The summed E-state index contributed by atoms with van der Waals surface area (Å²) in [6.45, 7) is 12.1. The van der Waals surface area contributed by atoms with E-state index in [4.69, 9.17) is 25.0 Å². The number of rotatable bonds is 9. The van der Waals surface area contributed by atoms with Gasteiger partial charge in [-0.3, -0.25) is 0 Å². The number of imidazole rings is 1. The van der Waals surface area contributed by atoms with E-state index in [2.05, 4.69) is 10.3 Å². The SMILES string of the molecule is CCC(C)C(NC(=O)OC(C)(C)C)C(=O)OCc1nc2c(N)cc(N3CCOCC3)nn2c1Cc1cccc(C(F)(F)F)c1C. The molecule has 3 heterocycles. The number of carbonyl (C=O) groups excluding carboxylic acids is 2. The number of hydrogen-bond acceptors (Lipinski definition) is 9. The zero-order valence-corrected chi connectivity index (χ0v) is 26.5. The molecule has 1 aliphatic rings. The lowest BCUT2D eigenvalue weighted by Gasteiger charge is -2.27. The highest BCUT2D eigenvalue weighted by atomic mass is 19.4. The summed E-state index contributed by atoms with van der Waals surface area (Å²) >= 11 is 0. The van der Waals surface area contributed by atoms with Gasteiger partial charge in [0.05, 0.1) is 30.2 Å². The first-order chi connectivity index (χ1) is 21.1. The van der Waals surface area contributed by atoms with Crippen LogP contribution in [0.5, 0.6) is 0 Å². The van der Waals surface area contributed by atoms with Gasteiger partial charge in [0, 0.05) is 25.6 Å². The number of hydrogen-bond donors (Lipinski definition) is 2. The maximum absolute atomic E-state index is 13.8. The highest BCUT2D eigenvalue weighted by Gasteiger charge is 2.34. The summed E-state index contributed by atoms with van der Waals surface area (Å²) in [6, 6.07) is 4.68. The predicted octanol–water partition coefficient (Wildman–Crippen LogP) is 5.05. The summed E-state index contributed by atoms with van der Waals surface area (Å²) in [4.78, 5) is 32.4. The van der Waals surface area contributed by atoms with Gasteiger partial charge in [0.2, 0.25) is 0 Å². The number of anilines is 2. The highest BCUT2D eigenvalue weighted by molar-refractivity contribution is 5.81. The molecule has 1 fully saturated rings. The summed E-state index contributed by atoms with van der Waals surface area (Å²) in [5.41, 5.74) is 6.65. The molecule has 0 radical (unpaired) electrons. The van der Waals surface area contributed by atoms with E-state index in [-0.39, 0.29) is 35.9 Å². The fourth-order valence-electron chi connectivity index (χ4n) is 5.05. The number of nitrogen functional groups attached to an aromatic ring is 1. The third-order valence-corrected chi connectivity index (χ3v) is 7.71. The van der Waals surface area contributed by atoms with Crippen molar-refractivity contribution in [3.8, 4) is 0 Å². The molecule has 2 unspecified atom stereocenters. The van der Waals surface area contributed by atoms with Gasteiger partial charge in [-0.25, -0.2) is 19.1 Å². The molecule has 1 aliphatic heterocycles. The molecule has 14 heteroatoms. The summed E-state index contributed by atoms with van der Waals surface area (Å²) in [7, 11) is 0. The smallest absolute Gasteiger partial charge is 0.416 e. The van der Waals surface area contributed by atoms with Crippen LogP contribution in [-0.4, -0.2) is 64.6 Å². The number of aromatic nitrogens is 3. The van der Waals surface area contributed by atoms with Crippen molar-refractivity contribution in [1.29, 1.82) is 0 Å². The van der Waals surface area contributed by atoms with Crippen LogP contribution in [0.25, 0.3) is 5.65 Å². The van der Waals surface area contributed by atoms with E-state index < -0.39 is 35.4 Å². The number of fused-ring (bicyclic) bond motifs is 1. The van der Waals surface area contributed by atoms with E-state index in [0.717, 1.165) is 6.07 Å². The van der Waals surface area contributed by atoms with Crippen molar-refractivity contribution in [2.45, 2.75) is 78.8 Å². The second-order valence-corrected chi connectivity index (χ2v) is 12.2. The van der Waals surface area contributed by atoms with Crippen molar-refractivity contribution in [3.63, 3.8) is 0 Å². The number of amides is 1. The Labute approximate surface area is 260 Å². The zero-order valence-electron chi connectivity index (χ0n) is 26.5. The van der Waals surface area contributed by atoms with Crippen LogP contribution < -0.4 is 16.0 Å². The van der Waals surface area contributed by atoms with Gasteiger partial charge in [-0.1, -0.05) is 32.4 Å². The second-order valence-electron chi connectivity index (χ2n) is 12.2. The fraction of sp³-hybridized carbons (Fsp3) is 0.548. The molecule has 1 aromatic carbocycles. The Morgan fingerprint density at radius 1 is 1.18 bits per heavy atom. The number of carbonyl (C=O) groups is 2. The molecule has 246 valence electrons. The van der Waals surface area contributed by atoms with Crippen LogP contribution in [0, 0.1) is 12.8 Å². The first-order valence-electron chi connectivity index (χ1n) is 14.9. The monoisotopic (exact) mass is 634 g/mol. The van der Waals surface area contributed by atoms with Crippen LogP contribution in [0.4, 0.5) is 29.5 Å². The minimum absolute atomic E-state index is 0.00770. The number of nitrogens with one attached hydrogen (secondary N) is 1. The van der Waals surface area contributed by atoms with Crippen LogP contribution in [0.3, 0.4) is 0 Å². The van der Waals surface area contributed by atoms with Gasteiger partial charge >= 0.3 is 18.2 Å². The molecular weight excluding hydrogens is 593 g/mol. The predicted molar refractivity (Wildman–Crippen MR) is 162 cm³/mol. The van der Waals surface area contributed by atoms with E-state index in [0.29, 0.717) is 55.5 Å². The third-order valence-electron chi connectivity index (χ3n) is 7.71. The molecule has 0 aliphatic carbocycles. The van der Waals surface area contributed by atoms with E-state index in [1.807, 2.05) is 11.8 Å². The largest absolute Gasteiger partial charge is 0.458 e. The Hall–Kier alpha value is -4.07. The normalized spacial score (nSPS) is 15.5. The first-order valence-corrected chi connectivity index (χ1v) is 14.9. The molecule has 2 aromatic heterocycles. The number of nitrogens with two attached hydrogens (primary N) is 1. The lowest BCUT2D eigenvalue weighted by atomic mass is 9.98. The Bertz CT molecular complexity index is 1530. The summed E-state index contributed by atoms with van der Waals surface area (Å²) < 4.78 is 59.2. The Morgan fingerprint density at radius 2 is 1.87 bits per heavy atom. The van der Waals surface area contributed by atoms with Crippen molar-refractivity contribution in [3.05, 3.63) is 52.3 Å². The Kier molecular flexibility index (Phi) is 10.2. The number of alkyl halides is 3. The first kappa shape index (κ1) is 33.8. The molecule has 1 saturated heterocycles. The van der Waals surface area contributed by atoms with E-state index in [9.17, 15) is 22.8 Å². The van der Waals surface area contributed by atoms with Gasteiger partial charge in [-0.05, 0) is 50.8 Å². The molecule has 1 amide bonds. The van der Waals surface area contributed by atoms with Gasteiger partial charge in [-0.2, -0.15) is 13.2 Å². The highest BCUT2D eigenvalue weighted by Crippen LogP contribution is 2.34. The summed E-state index contributed by atoms with van der Waals surface area (Å²) in [5, 5.41) is 7.37. The third kappa shape index (κ3) is 8.16. The molecule has 0 spiro atoms. The Morgan fingerprint density at radius 3 is 2.49 bits per heavy atom. The van der Waals surface area contributed by atoms with Crippen molar-refractivity contribution in [2.24, 2.45) is 5.92 Å². The molecule has 4 rings (SSSR count). The lowest BCUT2D eigenvalue weighted by Crippen LogP contribution is -2.47. The maximum atomic E-state index is 13.8. The van der Waals surface area contributed by atoms with Crippen molar-refractivity contribution in [1.82, 2.24) is 19.9 Å². The minimum Gasteiger partial charge on any atom is -0.458 e. The number of benzene rings is 1. The summed E-state index contributed by atoms with van der Waals surface area (Å²) in [5.74, 6) is -0.431. The molecule has 0 saturated carbocycles. The molecule has 2 atom stereocenters. The molecule has 11 nitrogen and oxygen atoms in total. The van der Waals surface area contributed by atoms with E-state index >= 15 is 0 Å². The van der Waals surface area contributed by atoms with Gasteiger partial charge < -0.3 is 30.2 Å². The van der Waals surface area contributed by atoms with Gasteiger partial charge in [0.25, 0.3) is 0 Å². The maximum Gasteiger partial charge on any atom is 0.416 e. The van der Waals surface area contributed by atoms with Crippen LogP contribution in [0.1, 0.15) is 69.1 Å². The Balaban J connectivity index is 1.71. The second kappa shape index (κ2) is 13.5. The van der Waals surface area contributed by atoms with Crippen LogP contribution >= 0.6 is 0 Å². The average Bonchev–Trinajstić information content (AvgIpc) is 3.31. The standard InChI is InChI=1S/C31H41F3N6O5/c1-7-18(2)26(37-29(42)45-30(4,5)6)28(41)44-17-23-24(15-20-9-8-10-21(19(20)3)31(32,33)34)40-27(36-23)22(35)16-25(38-40)39-11-13-43-14-12-39/h8-10,16,18,26H,7,11-15,17,35H2,1-6H3,(H,37,42). The van der Waals surface area contributed by atoms with Gasteiger partial charge in [-0.15, -0.1) is 5.10 Å². The van der Waals surface area contributed by atoms with Crippen LogP contribution in [-0.2, 0) is 38.2 Å². The van der Waals surface area contributed by atoms with Crippen LogP contribution in [0.15, 0.2) is 24.3 Å². The molecule has 3 aromatic rings. The molecule has 3 N–H and O–H groups in total. The topological polar surface area (TPSA) is 133 Å². The number of esters is 1. The van der Waals surface area contributed by atoms with Gasteiger partial charge in [0.15, 0.2) is 11.5 Å². The average molecular weight is 635 g/mol. The number of halogens is 3. The number of ether oxygens (including phenoxy) is 3.